The van der Waals surface area contributed by atoms with Gasteiger partial charge in [0.15, 0.2) is 6.61 Å². The second-order valence-electron chi connectivity index (χ2n) is 5.87. The van der Waals surface area contributed by atoms with E-state index in [1.54, 1.807) is 42.5 Å². The predicted octanol–water partition coefficient (Wildman–Crippen LogP) is 3.87. The Morgan fingerprint density at radius 3 is 2.55 bits per heavy atom. The maximum atomic E-state index is 11.8. The molecule has 0 spiro atoms. The minimum Gasteiger partial charge on any atom is -0.497 e. The summed E-state index contributed by atoms with van der Waals surface area (Å²) in [6, 6.07) is 13.8. The molecule has 0 atom stereocenters. The fourth-order valence-electron chi connectivity index (χ4n) is 2.51. The van der Waals surface area contributed by atoms with Crippen molar-refractivity contribution < 1.29 is 28.5 Å². The Kier molecular flexibility index (Phi) is 7.13. The number of thioether (sulfide) groups is 1. The molecule has 0 aliphatic heterocycles. The van der Waals surface area contributed by atoms with Crippen LogP contribution in [0.2, 0.25) is 0 Å². The Hall–Kier alpha value is -3.97. The van der Waals surface area contributed by atoms with Crippen molar-refractivity contribution in [3.8, 4) is 34.8 Å². The van der Waals surface area contributed by atoms with E-state index in [2.05, 4.69) is 10.2 Å². The molecule has 0 amide bonds. The second kappa shape index (κ2) is 10.2. The average molecular weight is 439 g/mol. The van der Waals surface area contributed by atoms with Crippen LogP contribution in [-0.2, 0) is 4.79 Å². The highest BCUT2D eigenvalue weighted by Gasteiger charge is 2.18. The summed E-state index contributed by atoms with van der Waals surface area (Å²) in [5, 5.41) is 26.3. The third-order valence-electron chi connectivity index (χ3n) is 3.91. The third kappa shape index (κ3) is 5.55. The van der Waals surface area contributed by atoms with E-state index in [1.165, 1.54) is 20.3 Å². The molecule has 0 aliphatic rings. The van der Waals surface area contributed by atoms with E-state index < -0.39 is 5.97 Å². The molecule has 0 bridgehead atoms. The smallest absolute Gasteiger partial charge is 0.342 e. The molecule has 0 fully saturated rings. The molecule has 1 heterocycles. The number of para-hydroxylation sites is 1. The number of ether oxygens (including phenoxy) is 3. The zero-order chi connectivity index (χ0) is 22.2. The zero-order valence-electron chi connectivity index (χ0n) is 16.6. The molecular formula is C21H17N3O6S. The Morgan fingerprint density at radius 2 is 1.90 bits per heavy atom. The second-order valence-corrected chi connectivity index (χ2v) is 6.87. The molecule has 158 valence electrons. The highest BCUT2D eigenvalue weighted by molar-refractivity contribution is 8.03. The molecule has 9 nitrogen and oxygen atoms in total. The average Bonchev–Trinajstić information content (AvgIpc) is 3.26. The number of carbonyl (C=O) groups is 1. The van der Waals surface area contributed by atoms with Crippen LogP contribution in [-0.4, -0.2) is 42.1 Å². The molecule has 1 N–H and O–H groups in total. The summed E-state index contributed by atoms with van der Waals surface area (Å²) in [6.07, 6.45) is 1.41. The first-order valence-electron chi connectivity index (χ1n) is 8.82. The molecule has 0 radical (unpaired) electrons. The number of benzene rings is 2. The Bertz CT molecular complexity index is 1130. The van der Waals surface area contributed by atoms with E-state index >= 15 is 0 Å². The molecule has 0 saturated carbocycles. The van der Waals surface area contributed by atoms with Crippen LogP contribution in [0.1, 0.15) is 5.56 Å². The molecule has 31 heavy (non-hydrogen) atoms. The number of nitrogens with zero attached hydrogens (tertiary/aromatic N) is 3. The lowest BCUT2D eigenvalue weighted by atomic mass is 10.2. The van der Waals surface area contributed by atoms with Crippen LogP contribution < -0.4 is 14.2 Å². The largest absolute Gasteiger partial charge is 0.497 e. The van der Waals surface area contributed by atoms with Gasteiger partial charge in [-0.05, 0) is 36.0 Å². The van der Waals surface area contributed by atoms with Crippen molar-refractivity contribution in [1.29, 1.82) is 5.26 Å². The highest BCUT2D eigenvalue weighted by Crippen LogP contribution is 2.34. The molecule has 10 heteroatoms. The van der Waals surface area contributed by atoms with E-state index in [-0.39, 0.29) is 22.6 Å². The quantitative estimate of drug-likeness (QED) is 0.387. The standard InChI is InChI=1S/C21H17N3O6S/c1-27-15-9-14(10-16(12-15)28-2)19-23-24-21(30-19)31-18(20(25)26)11-13-5-3-4-6-17(13)29-8-7-22/h3-6,9-12H,8H2,1-2H3,(H,25,26)/b18-11-. The van der Waals surface area contributed by atoms with Crippen LogP contribution in [0.25, 0.3) is 17.5 Å². The summed E-state index contributed by atoms with van der Waals surface area (Å²) in [6.45, 7) is -0.155. The van der Waals surface area contributed by atoms with Gasteiger partial charge in [-0.25, -0.2) is 4.79 Å². The minimum atomic E-state index is -1.18. The summed E-state index contributed by atoms with van der Waals surface area (Å²) in [5.41, 5.74) is 1.06. The topological polar surface area (TPSA) is 128 Å². The number of hydrogen-bond acceptors (Lipinski definition) is 9. The number of rotatable bonds is 9. The lowest BCUT2D eigenvalue weighted by Crippen LogP contribution is -1.99. The summed E-state index contributed by atoms with van der Waals surface area (Å²) >= 11 is 0.798. The molecular weight excluding hydrogens is 422 g/mol. The van der Waals surface area contributed by atoms with Crippen LogP contribution in [0.5, 0.6) is 17.2 Å². The number of carboxylic acid groups (broad SMARTS) is 1. The Morgan fingerprint density at radius 1 is 1.19 bits per heavy atom. The molecule has 3 aromatic rings. The number of aromatic nitrogens is 2. The summed E-state index contributed by atoms with van der Waals surface area (Å²) in [5.74, 6) is 0.479. The fourth-order valence-corrected chi connectivity index (χ4v) is 3.17. The van der Waals surface area contributed by atoms with Crippen LogP contribution >= 0.6 is 11.8 Å². The van der Waals surface area contributed by atoms with Gasteiger partial charge in [0.25, 0.3) is 5.22 Å². The Labute approximate surface area is 181 Å². The molecule has 0 aliphatic carbocycles. The molecule has 0 saturated heterocycles. The maximum absolute atomic E-state index is 11.8. The lowest BCUT2D eigenvalue weighted by molar-refractivity contribution is -0.131. The van der Waals surface area contributed by atoms with Crippen molar-refractivity contribution >= 4 is 23.8 Å². The van der Waals surface area contributed by atoms with Crippen LogP contribution in [0.4, 0.5) is 0 Å². The van der Waals surface area contributed by atoms with E-state index in [1.807, 2.05) is 6.07 Å². The van der Waals surface area contributed by atoms with Crippen molar-refractivity contribution in [2.24, 2.45) is 0 Å². The van der Waals surface area contributed by atoms with E-state index in [9.17, 15) is 9.90 Å². The highest BCUT2D eigenvalue weighted by atomic mass is 32.2. The van der Waals surface area contributed by atoms with Crippen LogP contribution in [0.15, 0.2) is 57.0 Å². The van der Waals surface area contributed by atoms with Crippen molar-refractivity contribution in [3.05, 3.63) is 52.9 Å². The van der Waals surface area contributed by atoms with Gasteiger partial charge in [-0.1, -0.05) is 18.2 Å². The number of nitriles is 1. The SMILES string of the molecule is COc1cc(OC)cc(-c2nnc(S/C(=C\c3ccccc3OCC#N)C(=O)O)o2)c1. The first-order chi connectivity index (χ1) is 15.0. The summed E-state index contributed by atoms with van der Waals surface area (Å²) in [7, 11) is 3.05. The Balaban J connectivity index is 1.88. The number of aliphatic carboxylic acids is 1. The van der Waals surface area contributed by atoms with Gasteiger partial charge in [0, 0.05) is 17.2 Å². The van der Waals surface area contributed by atoms with Crippen molar-refractivity contribution in [3.63, 3.8) is 0 Å². The number of hydrogen-bond donors (Lipinski definition) is 1. The monoisotopic (exact) mass is 439 g/mol. The van der Waals surface area contributed by atoms with Gasteiger partial charge in [0.1, 0.15) is 28.2 Å². The van der Waals surface area contributed by atoms with Crippen molar-refractivity contribution in [2.45, 2.75) is 5.22 Å². The first-order valence-corrected chi connectivity index (χ1v) is 9.64. The van der Waals surface area contributed by atoms with E-state index in [4.69, 9.17) is 23.9 Å². The van der Waals surface area contributed by atoms with E-state index in [0.717, 1.165) is 11.8 Å². The normalized spacial score (nSPS) is 10.9. The third-order valence-corrected chi connectivity index (χ3v) is 4.76. The lowest BCUT2D eigenvalue weighted by Gasteiger charge is -2.06. The van der Waals surface area contributed by atoms with Gasteiger partial charge >= 0.3 is 5.97 Å². The van der Waals surface area contributed by atoms with Gasteiger partial charge in [-0.15, -0.1) is 10.2 Å². The van der Waals surface area contributed by atoms with Gasteiger partial charge in [-0.2, -0.15) is 5.26 Å². The van der Waals surface area contributed by atoms with Gasteiger partial charge < -0.3 is 23.7 Å². The summed E-state index contributed by atoms with van der Waals surface area (Å²) < 4.78 is 21.4. The van der Waals surface area contributed by atoms with Crippen LogP contribution in [0, 0.1) is 11.3 Å². The number of methoxy groups -OCH3 is 2. The minimum absolute atomic E-state index is 0.0425. The van der Waals surface area contributed by atoms with Crippen molar-refractivity contribution in [1.82, 2.24) is 10.2 Å². The van der Waals surface area contributed by atoms with Crippen molar-refractivity contribution in [2.75, 3.05) is 20.8 Å². The maximum Gasteiger partial charge on any atom is 0.342 e. The zero-order valence-corrected chi connectivity index (χ0v) is 17.4. The summed E-state index contributed by atoms with van der Waals surface area (Å²) in [4.78, 5) is 11.7. The molecule has 3 rings (SSSR count). The van der Waals surface area contributed by atoms with Gasteiger partial charge in [0.2, 0.25) is 5.89 Å². The molecule has 0 unspecified atom stereocenters. The van der Waals surface area contributed by atoms with Gasteiger partial charge in [-0.3, -0.25) is 0 Å². The molecule has 1 aromatic heterocycles. The first kappa shape index (κ1) is 21.7. The fraction of sp³-hybridized carbons (Fsp3) is 0.143. The van der Waals surface area contributed by atoms with E-state index in [0.29, 0.717) is 28.4 Å². The number of carboxylic acids is 1. The van der Waals surface area contributed by atoms with Gasteiger partial charge in [0.05, 0.1) is 14.2 Å². The molecule has 2 aromatic carbocycles. The predicted molar refractivity (Wildman–Crippen MR) is 112 cm³/mol. The van der Waals surface area contributed by atoms with Crippen LogP contribution in [0.3, 0.4) is 0 Å².